The summed E-state index contributed by atoms with van der Waals surface area (Å²) in [6, 6.07) is 14.9. The Hall–Kier alpha value is -4.22. The Kier molecular flexibility index (Phi) is 8.41. The molecule has 0 atom stereocenters. The molecule has 0 bridgehead atoms. The summed E-state index contributed by atoms with van der Waals surface area (Å²) in [5, 5.41) is 18.1. The number of nitriles is 1. The number of alkyl halides is 3. The Morgan fingerprint density at radius 2 is 1.81 bits per heavy atom. The molecule has 3 rings (SSSR count). The highest BCUT2D eigenvalue weighted by atomic mass is 19.4. The highest BCUT2D eigenvalue weighted by Gasteiger charge is 2.31. The predicted molar refractivity (Wildman–Crippen MR) is 139 cm³/mol. The SMILES string of the molecule is C=C(/C=C/CN(C)C)Nc1cc(-c2c[nH][nH]cc(-c3cccc(C#N)c3)c(C)c2)cc(C(F)(F)F)c1. The maximum Gasteiger partial charge on any atom is 0.416 e. The van der Waals surface area contributed by atoms with Gasteiger partial charge in [-0.3, -0.25) is 0 Å². The maximum absolute atomic E-state index is 13.8. The van der Waals surface area contributed by atoms with Gasteiger partial charge in [-0.2, -0.15) is 18.4 Å². The third-order valence-corrected chi connectivity index (χ3v) is 5.32. The number of hydrogen-bond acceptors (Lipinski definition) is 3. The monoisotopic (exact) mass is 491 g/mol. The van der Waals surface area contributed by atoms with E-state index in [1.165, 1.54) is 0 Å². The number of aromatic amines is 2. The third-order valence-electron chi connectivity index (χ3n) is 5.32. The molecule has 5 nitrogen and oxygen atoms in total. The van der Waals surface area contributed by atoms with Gasteiger partial charge in [0.25, 0.3) is 0 Å². The highest BCUT2D eigenvalue weighted by Crippen LogP contribution is 2.35. The summed E-state index contributed by atoms with van der Waals surface area (Å²) < 4.78 is 41.3. The number of allylic oxidation sites excluding steroid dienone is 1. The van der Waals surface area contributed by atoms with Gasteiger partial charge in [0.05, 0.1) is 17.2 Å². The van der Waals surface area contributed by atoms with Gasteiger partial charge in [-0.05, 0) is 85.7 Å². The molecule has 8 heteroatoms. The Balaban J connectivity index is 2.07. The summed E-state index contributed by atoms with van der Waals surface area (Å²) >= 11 is 0. The third kappa shape index (κ3) is 7.14. The molecule has 0 radical (unpaired) electrons. The standard InChI is InChI=1S/C28H28F3N5/c1-19-11-24(17-33-34-18-27(19)22-9-5-8-21(12-22)16-32)23-13-25(28(29,30)31)15-26(14-23)35-20(2)7-6-10-36(3)4/h5-9,11-15,17-18,33-35H,2,10H2,1,3-4H3/b7-6+,19-11?,24-17?,27-18?. The van der Waals surface area contributed by atoms with Gasteiger partial charge < -0.3 is 20.4 Å². The van der Waals surface area contributed by atoms with Crippen molar-refractivity contribution in [2.24, 2.45) is 0 Å². The lowest BCUT2D eigenvalue weighted by molar-refractivity contribution is -0.137. The van der Waals surface area contributed by atoms with E-state index in [-0.39, 0.29) is 5.69 Å². The minimum absolute atomic E-state index is 0.277. The van der Waals surface area contributed by atoms with E-state index in [4.69, 9.17) is 0 Å². The van der Waals surface area contributed by atoms with Crippen LogP contribution in [0.2, 0.25) is 0 Å². The molecule has 1 heterocycles. The molecule has 0 aliphatic rings. The van der Waals surface area contributed by atoms with Gasteiger partial charge in [0.1, 0.15) is 0 Å². The number of rotatable bonds is 7. The number of benzene rings is 2. The second-order valence-corrected chi connectivity index (χ2v) is 8.58. The molecule has 0 amide bonds. The molecule has 0 saturated heterocycles. The zero-order valence-electron chi connectivity index (χ0n) is 20.4. The molecule has 0 saturated carbocycles. The lowest BCUT2D eigenvalue weighted by atomic mass is 9.98. The molecule has 186 valence electrons. The van der Waals surface area contributed by atoms with Crippen molar-refractivity contribution in [3.05, 3.63) is 102 Å². The van der Waals surface area contributed by atoms with E-state index in [2.05, 4.69) is 28.2 Å². The number of aromatic nitrogens is 2. The fourth-order valence-electron chi connectivity index (χ4n) is 3.60. The lowest BCUT2D eigenvalue weighted by Crippen LogP contribution is -2.10. The van der Waals surface area contributed by atoms with Crippen molar-refractivity contribution in [3.8, 4) is 28.3 Å². The van der Waals surface area contributed by atoms with Crippen LogP contribution in [-0.2, 0) is 6.18 Å². The van der Waals surface area contributed by atoms with E-state index in [9.17, 15) is 18.4 Å². The van der Waals surface area contributed by atoms with E-state index < -0.39 is 11.7 Å². The zero-order valence-corrected chi connectivity index (χ0v) is 20.4. The number of halogens is 3. The second kappa shape index (κ2) is 11.5. The number of aryl methyl sites for hydroxylation is 1. The first kappa shape index (κ1) is 26.4. The van der Waals surface area contributed by atoms with Crippen LogP contribution >= 0.6 is 0 Å². The van der Waals surface area contributed by atoms with Gasteiger partial charge in [0.2, 0.25) is 0 Å². The molecular formula is C28H28F3N5. The number of nitrogens with one attached hydrogen (secondary N) is 3. The molecule has 3 N–H and O–H groups in total. The van der Waals surface area contributed by atoms with Crippen LogP contribution in [0.25, 0.3) is 22.3 Å². The van der Waals surface area contributed by atoms with E-state index >= 15 is 0 Å². The van der Waals surface area contributed by atoms with Crippen LogP contribution in [0.3, 0.4) is 0 Å². The Bertz CT molecular complexity index is 1350. The van der Waals surface area contributed by atoms with Crippen molar-refractivity contribution in [2.45, 2.75) is 13.1 Å². The van der Waals surface area contributed by atoms with Crippen molar-refractivity contribution < 1.29 is 13.2 Å². The van der Waals surface area contributed by atoms with Crippen LogP contribution in [0.4, 0.5) is 18.9 Å². The van der Waals surface area contributed by atoms with Crippen molar-refractivity contribution in [3.63, 3.8) is 0 Å². The second-order valence-electron chi connectivity index (χ2n) is 8.58. The molecular weight excluding hydrogens is 463 g/mol. The first-order chi connectivity index (χ1) is 17.1. The van der Waals surface area contributed by atoms with Crippen LogP contribution in [0.15, 0.2) is 85.4 Å². The lowest BCUT2D eigenvalue weighted by Gasteiger charge is -2.14. The summed E-state index contributed by atoms with van der Waals surface area (Å²) in [7, 11) is 3.84. The average Bonchev–Trinajstić information content (AvgIpc) is 2.80. The predicted octanol–water partition coefficient (Wildman–Crippen LogP) is 7.04. The quantitative estimate of drug-likeness (QED) is 0.310. The molecule has 0 aliphatic carbocycles. The number of anilines is 1. The van der Waals surface area contributed by atoms with Crippen LogP contribution in [0.5, 0.6) is 0 Å². The Labute approximate surface area is 208 Å². The van der Waals surface area contributed by atoms with Gasteiger partial charge in [0, 0.05) is 35.9 Å². The molecule has 1 aromatic heterocycles. The van der Waals surface area contributed by atoms with E-state index in [0.717, 1.165) is 28.8 Å². The molecule has 0 fully saturated rings. The maximum atomic E-state index is 13.8. The van der Waals surface area contributed by atoms with E-state index in [1.54, 1.807) is 42.7 Å². The fourth-order valence-corrected chi connectivity index (χ4v) is 3.60. The van der Waals surface area contributed by atoms with Crippen molar-refractivity contribution in [1.29, 1.82) is 5.26 Å². The summed E-state index contributed by atoms with van der Waals surface area (Å²) in [5.41, 5.74) is 3.84. The van der Waals surface area contributed by atoms with Crippen molar-refractivity contribution >= 4 is 5.69 Å². The van der Waals surface area contributed by atoms with Gasteiger partial charge in [-0.1, -0.05) is 24.8 Å². The smallest absolute Gasteiger partial charge is 0.356 e. The molecule has 2 aromatic carbocycles. The van der Waals surface area contributed by atoms with Gasteiger partial charge >= 0.3 is 6.18 Å². The minimum atomic E-state index is -4.52. The van der Waals surface area contributed by atoms with E-state index in [1.807, 2.05) is 44.1 Å². The number of H-pyrrole nitrogens is 2. The minimum Gasteiger partial charge on any atom is -0.356 e. The Morgan fingerprint density at radius 3 is 2.50 bits per heavy atom. The Morgan fingerprint density at radius 1 is 1.06 bits per heavy atom. The summed E-state index contributed by atoms with van der Waals surface area (Å²) in [6.07, 6.45) is 2.44. The van der Waals surface area contributed by atoms with Crippen LogP contribution in [0, 0.1) is 18.3 Å². The zero-order chi connectivity index (χ0) is 26.3. The number of nitrogens with zero attached hydrogens (tertiary/aromatic N) is 2. The van der Waals surface area contributed by atoms with Crippen LogP contribution in [-0.4, -0.2) is 35.7 Å². The van der Waals surface area contributed by atoms with Crippen LogP contribution in [0.1, 0.15) is 16.7 Å². The normalized spacial score (nSPS) is 11.4. The molecule has 36 heavy (non-hydrogen) atoms. The number of likely N-dealkylation sites (N-methyl/N-ethyl adjacent to an activating group) is 1. The fraction of sp³-hybridized carbons (Fsp3) is 0.179. The summed E-state index contributed by atoms with van der Waals surface area (Å²) in [4.78, 5) is 1.96. The molecule has 0 aliphatic heterocycles. The van der Waals surface area contributed by atoms with Gasteiger partial charge in [0.15, 0.2) is 0 Å². The summed E-state index contributed by atoms with van der Waals surface area (Å²) in [5.74, 6) is 0. The van der Waals surface area contributed by atoms with E-state index in [0.29, 0.717) is 28.9 Å². The topological polar surface area (TPSA) is 70.6 Å². The largest absolute Gasteiger partial charge is 0.416 e. The number of hydrogen-bond donors (Lipinski definition) is 3. The molecule has 0 spiro atoms. The van der Waals surface area contributed by atoms with Crippen molar-refractivity contribution in [1.82, 2.24) is 15.1 Å². The first-order valence-electron chi connectivity index (χ1n) is 11.2. The average molecular weight is 492 g/mol. The van der Waals surface area contributed by atoms with Crippen LogP contribution < -0.4 is 5.32 Å². The van der Waals surface area contributed by atoms with Crippen molar-refractivity contribution in [2.75, 3.05) is 26.0 Å². The molecule has 0 unspecified atom stereocenters. The highest BCUT2D eigenvalue weighted by molar-refractivity contribution is 5.73. The molecule has 3 aromatic rings. The van der Waals surface area contributed by atoms with Gasteiger partial charge in [-0.25, -0.2) is 0 Å². The van der Waals surface area contributed by atoms with Gasteiger partial charge in [-0.15, -0.1) is 0 Å². The first-order valence-corrected chi connectivity index (χ1v) is 11.2. The summed E-state index contributed by atoms with van der Waals surface area (Å²) in [6.45, 7) is 6.45.